The highest BCUT2D eigenvalue weighted by Gasteiger charge is 2.49. The van der Waals surface area contributed by atoms with Crippen molar-refractivity contribution in [2.24, 2.45) is 17.8 Å². The van der Waals surface area contributed by atoms with Crippen LogP contribution < -0.4 is 4.90 Å². The third-order valence-electron chi connectivity index (χ3n) is 6.26. The van der Waals surface area contributed by atoms with Crippen molar-refractivity contribution in [2.45, 2.75) is 33.1 Å². The minimum atomic E-state index is -0.631. The zero-order valence-corrected chi connectivity index (χ0v) is 17.7. The van der Waals surface area contributed by atoms with Crippen molar-refractivity contribution in [3.8, 4) is 0 Å². The van der Waals surface area contributed by atoms with Gasteiger partial charge in [0.2, 0.25) is 11.8 Å². The first-order valence-corrected chi connectivity index (χ1v) is 10.6. The topological polar surface area (TPSA) is 80.8 Å². The summed E-state index contributed by atoms with van der Waals surface area (Å²) in [4.78, 5) is 51.4. The van der Waals surface area contributed by atoms with Gasteiger partial charge in [-0.1, -0.05) is 36.8 Å². The number of benzene rings is 2. The number of fused-ring (bicyclic) bond motifs is 1. The molecule has 4 rings (SSSR count). The number of carbonyl (C=O) groups is 4. The quantitative estimate of drug-likeness (QED) is 0.416. The number of esters is 1. The maximum absolute atomic E-state index is 12.8. The summed E-state index contributed by atoms with van der Waals surface area (Å²) in [5.41, 5.74) is 2.24. The molecule has 0 aromatic heterocycles. The fourth-order valence-electron chi connectivity index (χ4n) is 4.43. The van der Waals surface area contributed by atoms with E-state index in [0.717, 1.165) is 24.8 Å². The highest BCUT2D eigenvalue weighted by molar-refractivity contribution is 6.22. The van der Waals surface area contributed by atoms with Crippen LogP contribution in [0, 0.1) is 24.7 Å². The van der Waals surface area contributed by atoms with Crippen LogP contribution in [0.3, 0.4) is 0 Å². The first-order valence-electron chi connectivity index (χ1n) is 10.6. The van der Waals surface area contributed by atoms with Crippen molar-refractivity contribution in [3.05, 3.63) is 65.2 Å². The van der Waals surface area contributed by atoms with Gasteiger partial charge in [0.05, 0.1) is 23.1 Å². The average Bonchev–Trinajstić information content (AvgIpc) is 3.02. The Labute approximate surface area is 181 Å². The lowest BCUT2D eigenvalue weighted by Crippen LogP contribution is -2.30. The minimum Gasteiger partial charge on any atom is -0.454 e. The van der Waals surface area contributed by atoms with Gasteiger partial charge in [0, 0.05) is 5.56 Å². The van der Waals surface area contributed by atoms with E-state index in [0.29, 0.717) is 17.2 Å². The summed E-state index contributed by atoms with van der Waals surface area (Å²) in [6.45, 7) is 3.69. The summed E-state index contributed by atoms with van der Waals surface area (Å²) in [5.74, 6) is -1.25. The number of amides is 2. The second-order valence-electron chi connectivity index (χ2n) is 8.56. The van der Waals surface area contributed by atoms with Gasteiger partial charge in [-0.15, -0.1) is 0 Å². The number of anilines is 1. The molecule has 6 nitrogen and oxygen atoms in total. The van der Waals surface area contributed by atoms with Crippen LogP contribution in [-0.2, 0) is 14.3 Å². The molecule has 1 aliphatic carbocycles. The molecule has 0 bridgehead atoms. The summed E-state index contributed by atoms with van der Waals surface area (Å²) in [6, 6.07) is 13.2. The predicted molar refractivity (Wildman–Crippen MR) is 115 cm³/mol. The first kappa shape index (κ1) is 21.0. The molecule has 2 amide bonds. The number of ketones is 1. The summed E-state index contributed by atoms with van der Waals surface area (Å²) in [7, 11) is 0. The largest absolute Gasteiger partial charge is 0.454 e. The molecule has 2 fully saturated rings. The van der Waals surface area contributed by atoms with Crippen molar-refractivity contribution >= 4 is 29.3 Å². The van der Waals surface area contributed by atoms with Crippen LogP contribution in [0.1, 0.15) is 52.5 Å². The number of Topliss-reactive ketones (excluding diaryl/α,β-unsaturated/α-hetero) is 1. The van der Waals surface area contributed by atoms with E-state index in [1.54, 1.807) is 24.3 Å². The molecule has 0 unspecified atom stereocenters. The Balaban J connectivity index is 1.40. The molecular weight excluding hydrogens is 394 g/mol. The number of carbonyl (C=O) groups excluding carboxylic acids is 4. The van der Waals surface area contributed by atoms with Crippen LogP contribution in [0.25, 0.3) is 0 Å². The fourth-order valence-corrected chi connectivity index (χ4v) is 4.43. The Morgan fingerprint density at radius 2 is 1.52 bits per heavy atom. The molecule has 6 heteroatoms. The second-order valence-corrected chi connectivity index (χ2v) is 8.56. The Morgan fingerprint density at radius 1 is 0.903 bits per heavy atom. The third-order valence-corrected chi connectivity index (χ3v) is 6.26. The SMILES string of the molecule is Cc1ccc(C(=O)COC(=O)c2ccc(N3C(=O)[C@H]4C[C@@H](C)CC[C@H]4C3=O)cc2)cc1. The minimum absolute atomic E-state index is 0.152. The van der Waals surface area contributed by atoms with Gasteiger partial charge >= 0.3 is 5.97 Å². The van der Waals surface area contributed by atoms with E-state index in [4.69, 9.17) is 4.74 Å². The van der Waals surface area contributed by atoms with Crippen LogP contribution in [0.15, 0.2) is 48.5 Å². The number of ether oxygens (including phenoxy) is 1. The van der Waals surface area contributed by atoms with Crippen molar-refractivity contribution in [1.82, 2.24) is 0 Å². The molecular formula is C25H25NO5. The van der Waals surface area contributed by atoms with Crippen molar-refractivity contribution in [1.29, 1.82) is 0 Å². The van der Waals surface area contributed by atoms with Crippen LogP contribution in [0.2, 0.25) is 0 Å². The Morgan fingerprint density at radius 3 is 2.19 bits per heavy atom. The molecule has 1 aliphatic heterocycles. The molecule has 0 spiro atoms. The maximum atomic E-state index is 12.8. The predicted octanol–water partition coefficient (Wildman–Crippen LogP) is 3.96. The van der Waals surface area contributed by atoms with E-state index in [-0.39, 0.29) is 41.6 Å². The molecule has 1 saturated carbocycles. The van der Waals surface area contributed by atoms with Crippen molar-refractivity contribution in [2.75, 3.05) is 11.5 Å². The van der Waals surface area contributed by atoms with Gasteiger partial charge in [0.1, 0.15) is 0 Å². The van der Waals surface area contributed by atoms with E-state index in [2.05, 4.69) is 6.92 Å². The van der Waals surface area contributed by atoms with Gasteiger partial charge in [-0.3, -0.25) is 19.3 Å². The Hall–Kier alpha value is -3.28. The maximum Gasteiger partial charge on any atom is 0.338 e. The van der Waals surface area contributed by atoms with Crippen LogP contribution >= 0.6 is 0 Å². The first-order chi connectivity index (χ1) is 14.8. The standard InChI is InChI=1S/C25H25NO5/c1-15-3-6-17(7-4-15)22(27)14-31-25(30)18-8-10-19(11-9-18)26-23(28)20-12-5-16(2)13-21(20)24(26)29/h3-4,6-11,16,20-21H,5,12-14H2,1-2H3/t16-,20+,21-/m0/s1. The molecule has 1 saturated heterocycles. The number of imide groups is 1. The van der Waals surface area contributed by atoms with Gasteiger partial charge in [0.25, 0.3) is 0 Å². The van der Waals surface area contributed by atoms with Gasteiger partial charge in [-0.05, 0) is 56.4 Å². The number of nitrogens with zero attached hydrogens (tertiary/aromatic N) is 1. The van der Waals surface area contributed by atoms with E-state index >= 15 is 0 Å². The highest BCUT2D eigenvalue weighted by Crippen LogP contribution is 2.42. The molecule has 160 valence electrons. The monoisotopic (exact) mass is 419 g/mol. The summed E-state index contributed by atoms with van der Waals surface area (Å²) in [5, 5.41) is 0. The zero-order chi connectivity index (χ0) is 22.1. The third kappa shape index (κ3) is 4.15. The molecule has 1 heterocycles. The van der Waals surface area contributed by atoms with Crippen molar-refractivity contribution < 1.29 is 23.9 Å². The highest BCUT2D eigenvalue weighted by atomic mass is 16.5. The number of hydrogen-bond donors (Lipinski definition) is 0. The average molecular weight is 419 g/mol. The van der Waals surface area contributed by atoms with Gasteiger partial charge < -0.3 is 4.74 Å². The van der Waals surface area contributed by atoms with Crippen LogP contribution in [-0.4, -0.2) is 30.2 Å². The molecule has 3 atom stereocenters. The summed E-state index contributed by atoms with van der Waals surface area (Å²) in [6.07, 6.45) is 2.44. The van der Waals surface area contributed by atoms with Gasteiger partial charge in [-0.25, -0.2) is 4.79 Å². The van der Waals surface area contributed by atoms with E-state index in [1.807, 2.05) is 19.1 Å². The number of rotatable bonds is 5. The lowest BCUT2D eigenvalue weighted by atomic mass is 9.76. The second kappa shape index (κ2) is 8.46. The molecule has 0 radical (unpaired) electrons. The molecule has 2 aromatic carbocycles. The molecule has 2 aromatic rings. The molecule has 0 N–H and O–H groups in total. The lowest BCUT2D eigenvalue weighted by molar-refractivity contribution is -0.122. The van der Waals surface area contributed by atoms with Gasteiger partial charge in [-0.2, -0.15) is 0 Å². The Bertz CT molecular complexity index is 1020. The summed E-state index contributed by atoms with van der Waals surface area (Å²) >= 11 is 0. The fraction of sp³-hybridized carbons (Fsp3) is 0.360. The number of aryl methyl sites for hydroxylation is 1. The summed E-state index contributed by atoms with van der Waals surface area (Å²) < 4.78 is 5.14. The Kier molecular flexibility index (Phi) is 5.72. The lowest BCUT2D eigenvalue weighted by Gasteiger charge is -2.25. The van der Waals surface area contributed by atoms with Crippen molar-refractivity contribution in [3.63, 3.8) is 0 Å². The van der Waals surface area contributed by atoms with Crippen LogP contribution in [0.5, 0.6) is 0 Å². The van der Waals surface area contributed by atoms with Crippen LogP contribution in [0.4, 0.5) is 5.69 Å². The smallest absolute Gasteiger partial charge is 0.338 e. The van der Waals surface area contributed by atoms with E-state index in [9.17, 15) is 19.2 Å². The molecule has 31 heavy (non-hydrogen) atoms. The van der Waals surface area contributed by atoms with E-state index in [1.165, 1.54) is 17.0 Å². The molecule has 2 aliphatic rings. The van der Waals surface area contributed by atoms with E-state index < -0.39 is 5.97 Å². The normalized spacial score (nSPS) is 22.9. The number of hydrogen-bond acceptors (Lipinski definition) is 5. The zero-order valence-electron chi connectivity index (χ0n) is 17.7. The van der Waals surface area contributed by atoms with Gasteiger partial charge in [0.15, 0.2) is 12.4 Å².